The number of hydrogen-bond donors (Lipinski definition) is 1. The van der Waals surface area contributed by atoms with E-state index in [-0.39, 0.29) is 36.8 Å². The number of carbonyl (C=O) groups excluding carboxylic acids is 1. The van der Waals surface area contributed by atoms with Crippen LogP contribution in [0.5, 0.6) is 0 Å². The van der Waals surface area contributed by atoms with Gasteiger partial charge in [-0.15, -0.1) is 24.8 Å². The van der Waals surface area contributed by atoms with Crippen molar-refractivity contribution in [3.05, 3.63) is 30.1 Å². The molecular formula is C14H24Cl2N4O. The summed E-state index contributed by atoms with van der Waals surface area (Å²) in [6.07, 6.45) is 3.62. The Morgan fingerprint density at radius 2 is 2.10 bits per heavy atom. The predicted molar refractivity (Wildman–Crippen MR) is 89.2 cm³/mol. The van der Waals surface area contributed by atoms with Crippen molar-refractivity contribution in [3.8, 4) is 0 Å². The minimum absolute atomic E-state index is 0. The van der Waals surface area contributed by atoms with Crippen LogP contribution in [0.3, 0.4) is 0 Å². The minimum Gasteiger partial charge on any atom is -0.339 e. The first-order chi connectivity index (χ1) is 9.18. The molecule has 1 fully saturated rings. The minimum atomic E-state index is 0. The van der Waals surface area contributed by atoms with Crippen molar-refractivity contribution in [3.63, 3.8) is 0 Å². The molecule has 0 radical (unpaired) electrons. The van der Waals surface area contributed by atoms with Gasteiger partial charge in [-0.25, -0.2) is 0 Å². The van der Waals surface area contributed by atoms with Gasteiger partial charge in [0, 0.05) is 44.6 Å². The maximum Gasteiger partial charge on any atom is 0.236 e. The van der Waals surface area contributed by atoms with Crippen molar-refractivity contribution in [2.45, 2.75) is 13.0 Å². The molecule has 1 saturated heterocycles. The van der Waals surface area contributed by atoms with E-state index in [2.05, 4.69) is 22.1 Å². The second-order valence-corrected chi connectivity index (χ2v) is 5.01. The van der Waals surface area contributed by atoms with Gasteiger partial charge < -0.3 is 10.2 Å². The Labute approximate surface area is 138 Å². The Balaban J connectivity index is 0.00000200. The number of halogens is 2. The molecule has 0 spiro atoms. The fourth-order valence-corrected chi connectivity index (χ4v) is 2.24. The Bertz CT molecular complexity index is 413. The van der Waals surface area contributed by atoms with Crippen molar-refractivity contribution < 1.29 is 4.79 Å². The van der Waals surface area contributed by atoms with Gasteiger partial charge in [-0.3, -0.25) is 14.7 Å². The third kappa shape index (κ3) is 5.79. The fraction of sp³-hybridized carbons (Fsp3) is 0.571. The molecule has 1 unspecified atom stereocenters. The monoisotopic (exact) mass is 334 g/mol. The molecule has 1 amide bonds. The van der Waals surface area contributed by atoms with E-state index in [0.29, 0.717) is 6.54 Å². The van der Waals surface area contributed by atoms with E-state index in [1.54, 1.807) is 6.20 Å². The van der Waals surface area contributed by atoms with E-state index < -0.39 is 0 Å². The van der Waals surface area contributed by atoms with Crippen LogP contribution in [-0.2, 0) is 4.79 Å². The summed E-state index contributed by atoms with van der Waals surface area (Å²) in [5.74, 6) is 0.208. The second-order valence-electron chi connectivity index (χ2n) is 5.01. The number of nitrogens with zero attached hydrogens (tertiary/aromatic N) is 3. The van der Waals surface area contributed by atoms with Crippen LogP contribution in [0.2, 0.25) is 0 Å². The van der Waals surface area contributed by atoms with Crippen molar-refractivity contribution in [2.75, 3.05) is 39.8 Å². The van der Waals surface area contributed by atoms with Crippen LogP contribution in [0, 0.1) is 0 Å². The van der Waals surface area contributed by atoms with Crippen LogP contribution in [0.15, 0.2) is 24.5 Å². The third-order valence-electron chi connectivity index (χ3n) is 3.68. The molecule has 1 aliphatic rings. The number of carbonyl (C=O) groups is 1. The summed E-state index contributed by atoms with van der Waals surface area (Å²) in [5, 5.41) is 3.26. The maximum absolute atomic E-state index is 12.2. The number of amides is 1. The average molecular weight is 335 g/mol. The Morgan fingerprint density at radius 1 is 1.43 bits per heavy atom. The zero-order chi connectivity index (χ0) is 13.7. The van der Waals surface area contributed by atoms with Gasteiger partial charge in [0.1, 0.15) is 0 Å². The Morgan fingerprint density at radius 3 is 2.67 bits per heavy atom. The van der Waals surface area contributed by atoms with E-state index in [1.807, 2.05) is 30.3 Å². The number of hydrogen-bond acceptors (Lipinski definition) is 4. The van der Waals surface area contributed by atoms with E-state index >= 15 is 0 Å². The number of nitrogens with one attached hydrogen (secondary N) is 1. The topological polar surface area (TPSA) is 48.5 Å². The van der Waals surface area contributed by atoms with Gasteiger partial charge in [-0.05, 0) is 25.6 Å². The Kier molecular flexibility index (Phi) is 9.53. The zero-order valence-corrected chi connectivity index (χ0v) is 14.1. The van der Waals surface area contributed by atoms with Gasteiger partial charge in [0.25, 0.3) is 0 Å². The van der Waals surface area contributed by atoms with Gasteiger partial charge in [0.15, 0.2) is 0 Å². The summed E-state index contributed by atoms with van der Waals surface area (Å²) < 4.78 is 0. The van der Waals surface area contributed by atoms with Crippen LogP contribution >= 0.6 is 24.8 Å². The summed E-state index contributed by atoms with van der Waals surface area (Å²) in [5.41, 5.74) is 1.14. The molecule has 1 aliphatic heterocycles. The first kappa shape index (κ1) is 20.1. The molecule has 5 nitrogen and oxygen atoms in total. The zero-order valence-electron chi connectivity index (χ0n) is 12.5. The standard InChI is InChI=1S/C14H22N4O.2ClH/c1-12(13-4-3-5-16-10-13)17(2)11-14(19)18-8-6-15-7-9-18;;/h3-5,10,12,15H,6-9,11H2,1-2H3;2*1H. The Hall–Kier alpha value is -0.880. The smallest absolute Gasteiger partial charge is 0.236 e. The molecule has 0 aromatic carbocycles. The van der Waals surface area contributed by atoms with Gasteiger partial charge in [0.2, 0.25) is 5.91 Å². The molecule has 21 heavy (non-hydrogen) atoms. The summed E-state index contributed by atoms with van der Waals surface area (Å²) in [6.45, 7) is 5.97. The molecule has 1 atom stereocenters. The van der Waals surface area contributed by atoms with Crippen LogP contribution in [0.1, 0.15) is 18.5 Å². The number of likely N-dealkylation sites (N-methyl/N-ethyl adjacent to an activating group) is 1. The number of piperazine rings is 1. The second kappa shape index (κ2) is 9.95. The molecule has 0 bridgehead atoms. The highest BCUT2D eigenvalue weighted by molar-refractivity contribution is 5.85. The predicted octanol–water partition coefficient (Wildman–Crippen LogP) is 1.35. The molecule has 0 saturated carbocycles. The van der Waals surface area contributed by atoms with E-state index in [4.69, 9.17) is 0 Å². The van der Waals surface area contributed by atoms with Crippen LogP contribution in [0.25, 0.3) is 0 Å². The summed E-state index contributed by atoms with van der Waals surface area (Å²) in [4.78, 5) is 20.3. The van der Waals surface area contributed by atoms with Crippen molar-refractivity contribution in [1.82, 2.24) is 20.1 Å². The number of pyridine rings is 1. The molecule has 1 aromatic rings. The SMILES string of the molecule is CC(c1cccnc1)N(C)CC(=O)N1CCNCC1.Cl.Cl. The molecule has 120 valence electrons. The van der Waals surface area contributed by atoms with Crippen molar-refractivity contribution >= 4 is 30.7 Å². The van der Waals surface area contributed by atoms with Crippen LogP contribution < -0.4 is 5.32 Å². The molecule has 1 aromatic heterocycles. The first-order valence-corrected chi connectivity index (χ1v) is 6.77. The molecule has 2 heterocycles. The molecule has 7 heteroatoms. The van der Waals surface area contributed by atoms with E-state index in [9.17, 15) is 4.79 Å². The van der Waals surface area contributed by atoms with Crippen LogP contribution in [-0.4, -0.2) is 60.5 Å². The largest absolute Gasteiger partial charge is 0.339 e. The molecular weight excluding hydrogens is 311 g/mol. The highest BCUT2D eigenvalue weighted by Gasteiger charge is 2.20. The highest BCUT2D eigenvalue weighted by Crippen LogP contribution is 2.17. The lowest BCUT2D eigenvalue weighted by molar-refractivity contribution is -0.133. The highest BCUT2D eigenvalue weighted by atomic mass is 35.5. The lowest BCUT2D eigenvalue weighted by Gasteiger charge is -2.31. The first-order valence-electron chi connectivity index (χ1n) is 6.77. The van der Waals surface area contributed by atoms with Crippen LogP contribution in [0.4, 0.5) is 0 Å². The number of aromatic nitrogens is 1. The quantitative estimate of drug-likeness (QED) is 0.902. The summed E-state index contributed by atoms with van der Waals surface area (Å²) in [7, 11) is 1.98. The summed E-state index contributed by atoms with van der Waals surface area (Å²) >= 11 is 0. The van der Waals surface area contributed by atoms with E-state index in [1.165, 1.54) is 0 Å². The van der Waals surface area contributed by atoms with Gasteiger partial charge >= 0.3 is 0 Å². The van der Waals surface area contributed by atoms with Gasteiger partial charge in [-0.1, -0.05) is 6.07 Å². The molecule has 0 aliphatic carbocycles. The normalized spacial score (nSPS) is 15.9. The average Bonchev–Trinajstić information content (AvgIpc) is 2.48. The van der Waals surface area contributed by atoms with Crippen molar-refractivity contribution in [2.24, 2.45) is 0 Å². The molecule has 1 N–H and O–H groups in total. The van der Waals surface area contributed by atoms with Crippen molar-refractivity contribution in [1.29, 1.82) is 0 Å². The third-order valence-corrected chi connectivity index (χ3v) is 3.68. The summed E-state index contributed by atoms with van der Waals surface area (Å²) in [6, 6.07) is 4.17. The lowest BCUT2D eigenvalue weighted by Crippen LogP contribution is -2.49. The maximum atomic E-state index is 12.2. The van der Waals surface area contributed by atoms with Gasteiger partial charge in [-0.2, -0.15) is 0 Å². The van der Waals surface area contributed by atoms with E-state index in [0.717, 1.165) is 31.7 Å². The fourth-order valence-electron chi connectivity index (χ4n) is 2.24. The lowest BCUT2D eigenvalue weighted by atomic mass is 10.1. The van der Waals surface area contributed by atoms with Gasteiger partial charge in [0.05, 0.1) is 6.54 Å². The number of rotatable bonds is 4. The molecule has 2 rings (SSSR count).